The summed E-state index contributed by atoms with van der Waals surface area (Å²) in [7, 11) is 0. The summed E-state index contributed by atoms with van der Waals surface area (Å²) in [5.41, 5.74) is 1.69. The summed E-state index contributed by atoms with van der Waals surface area (Å²) in [6.45, 7) is 0. The highest BCUT2D eigenvalue weighted by Gasteiger charge is 2.30. The molecule has 78 valence electrons. The van der Waals surface area contributed by atoms with E-state index in [0.717, 1.165) is 30.4 Å². The Morgan fingerprint density at radius 1 is 1.27 bits per heavy atom. The third-order valence-corrected chi connectivity index (χ3v) is 3.11. The van der Waals surface area contributed by atoms with E-state index in [-0.39, 0.29) is 12.0 Å². The topological polar surface area (TPSA) is 46.3 Å². The predicted octanol–water partition coefficient (Wildman–Crippen LogP) is 2.46. The molecule has 15 heavy (non-hydrogen) atoms. The van der Waals surface area contributed by atoms with Gasteiger partial charge < -0.3 is 9.52 Å². The van der Waals surface area contributed by atoms with Gasteiger partial charge in [-0.25, -0.2) is 4.98 Å². The standard InChI is InChI=1S/C12H13NO2/c14-10-6-3-4-8(10)12-13-9-5-1-2-7-11(9)15-12/h1-2,5,7-8,10,14H,3-4,6H2. The summed E-state index contributed by atoms with van der Waals surface area (Å²) >= 11 is 0. The van der Waals surface area contributed by atoms with Crippen molar-refractivity contribution in [3.63, 3.8) is 0 Å². The van der Waals surface area contributed by atoms with Gasteiger partial charge in [0.15, 0.2) is 5.58 Å². The molecule has 3 rings (SSSR count). The fraction of sp³-hybridized carbons (Fsp3) is 0.417. The lowest BCUT2D eigenvalue weighted by molar-refractivity contribution is 0.153. The van der Waals surface area contributed by atoms with Crippen molar-refractivity contribution < 1.29 is 9.52 Å². The van der Waals surface area contributed by atoms with E-state index in [9.17, 15) is 5.11 Å². The third kappa shape index (κ3) is 1.43. The first-order valence-electron chi connectivity index (χ1n) is 5.38. The van der Waals surface area contributed by atoms with Crippen molar-refractivity contribution >= 4 is 11.1 Å². The second-order valence-electron chi connectivity index (χ2n) is 4.12. The molecule has 0 aliphatic heterocycles. The highest BCUT2D eigenvalue weighted by atomic mass is 16.4. The normalized spacial score (nSPS) is 26.2. The highest BCUT2D eigenvalue weighted by molar-refractivity contribution is 5.72. The van der Waals surface area contributed by atoms with Crippen LogP contribution in [0.1, 0.15) is 31.1 Å². The molecule has 1 fully saturated rings. The van der Waals surface area contributed by atoms with Crippen LogP contribution in [0.5, 0.6) is 0 Å². The van der Waals surface area contributed by atoms with Crippen LogP contribution in [0.4, 0.5) is 0 Å². The molecule has 0 radical (unpaired) electrons. The molecular formula is C12H13NO2. The minimum absolute atomic E-state index is 0.0948. The smallest absolute Gasteiger partial charge is 0.201 e. The Labute approximate surface area is 87.7 Å². The summed E-state index contributed by atoms with van der Waals surface area (Å²) in [6, 6.07) is 7.72. The predicted molar refractivity (Wildman–Crippen MR) is 56.6 cm³/mol. The maximum Gasteiger partial charge on any atom is 0.201 e. The van der Waals surface area contributed by atoms with Crippen LogP contribution in [-0.2, 0) is 0 Å². The van der Waals surface area contributed by atoms with Crippen molar-refractivity contribution in [3.8, 4) is 0 Å². The second-order valence-corrected chi connectivity index (χ2v) is 4.12. The minimum Gasteiger partial charge on any atom is -0.440 e. The molecule has 0 bridgehead atoms. The van der Waals surface area contributed by atoms with Crippen molar-refractivity contribution in [2.75, 3.05) is 0 Å². The minimum atomic E-state index is -0.280. The van der Waals surface area contributed by atoms with Gasteiger partial charge in [-0.3, -0.25) is 0 Å². The van der Waals surface area contributed by atoms with E-state index < -0.39 is 0 Å². The van der Waals surface area contributed by atoms with E-state index >= 15 is 0 Å². The molecule has 1 saturated carbocycles. The molecule has 0 saturated heterocycles. The fourth-order valence-corrected chi connectivity index (χ4v) is 2.28. The molecule has 1 aromatic carbocycles. The van der Waals surface area contributed by atoms with E-state index in [1.807, 2.05) is 24.3 Å². The van der Waals surface area contributed by atoms with Crippen LogP contribution in [0, 0.1) is 0 Å². The maximum atomic E-state index is 9.77. The SMILES string of the molecule is OC1CCCC1c1nc2ccccc2o1. The number of para-hydroxylation sites is 2. The van der Waals surface area contributed by atoms with Crippen LogP contribution in [-0.4, -0.2) is 16.2 Å². The molecule has 1 aliphatic rings. The van der Waals surface area contributed by atoms with E-state index in [4.69, 9.17) is 4.42 Å². The first-order valence-corrected chi connectivity index (χ1v) is 5.38. The van der Waals surface area contributed by atoms with Crippen LogP contribution < -0.4 is 0 Å². The van der Waals surface area contributed by atoms with Crippen molar-refractivity contribution in [3.05, 3.63) is 30.2 Å². The van der Waals surface area contributed by atoms with Crippen LogP contribution >= 0.6 is 0 Å². The third-order valence-electron chi connectivity index (χ3n) is 3.11. The van der Waals surface area contributed by atoms with Crippen LogP contribution in [0.25, 0.3) is 11.1 Å². The molecular weight excluding hydrogens is 190 g/mol. The Morgan fingerprint density at radius 2 is 2.13 bits per heavy atom. The van der Waals surface area contributed by atoms with Crippen LogP contribution in [0.2, 0.25) is 0 Å². The maximum absolute atomic E-state index is 9.77. The highest BCUT2D eigenvalue weighted by Crippen LogP contribution is 2.35. The summed E-state index contributed by atoms with van der Waals surface area (Å²) in [5, 5.41) is 9.77. The van der Waals surface area contributed by atoms with Gasteiger partial charge in [0.25, 0.3) is 0 Å². The van der Waals surface area contributed by atoms with Crippen molar-refractivity contribution in [1.82, 2.24) is 4.98 Å². The zero-order valence-electron chi connectivity index (χ0n) is 8.39. The molecule has 1 N–H and O–H groups in total. The van der Waals surface area contributed by atoms with Crippen LogP contribution in [0.15, 0.2) is 28.7 Å². The summed E-state index contributed by atoms with van der Waals surface area (Å²) in [4.78, 5) is 4.42. The number of rotatable bonds is 1. The number of aromatic nitrogens is 1. The Bertz CT molecular complexity index is 444. The quantitative estimate of drug-likeness (QED) is 0.774. The van der Waals surface area contributed by atoms with Gasteiger partial charge in [-0.1, -0.05) is 12.1 Å². The molecule has 3 heteroatoms. The second kappa shape index (κ2) is 3.35. The summed E-state index contributed by atoms with van der Waals surface area (Å²) < 4.78 is 5.65. The van der Waals surface area contributed by atoms with E-state index in [0.29, 0.717) is 5.89 Å². The number of oxazole rings is 1. The van der Waals surface area contributed by atoms with Gasteiger partial charge >= 0.3 is 0 Å². The van der Waals surface area contributed by atoms with Gasteiger partial charge in [-0.15, -0.1) is 0 Å². The number of hydrogen-bond donors (Lipinski definition) is 1. The summed E-state index contributed by atoms with van der Waals surface area (Å²) in [6.07, 6.45) is 2.63. The van der Waals surface area contributed by atoms with Gasteiger partial charge in [-0.2, -0.15) is 0 Å². The van der Waals surface area contributed by atoms with Gasteiger partial charge in [0.1, 0.15) is 5.52 Å². The molecule has 1 aliphatic carbocycles. The molecule has 2 atom stereocenters. The first-order chi connectivity index (χ1) is 7.34. The largest absolute Gasteiger partial charge is 0.440 e. The van der Waals surface area contributed by atoms with Gasteiger partial charge in [0, 0.05) is 0 Å². The first kappa shape index (κ1) is 8.92. The molecule has 1 heterocycles. The van der Waals surface area contributed by atoms with Crippen molar-refractivity contribution in [2.24, 2.45) is 0 Å². The number of hydrogen-bond acceptors (Lipinski definition) is 3. The Hall–Kier alpha value is -1.35. The zero-order valence-corrected chi connectivity index (χ0v) is 8.39. The lowest BCUT2D eigenvalue weighted by atomic mass is 10.1. The van der Waals surface area contributed by atoms with Crippen molar-refractivity contribution in [2.45, 2.75) is 31.3 Å². The number of nitrogens with zero attached hydrogens (tertiary/aromatic N) is 1. The zero-order chi connectivity index (χ0) is 10.3. The van der Waals surface area contributed by atoms with E-state index in [2.05, 4.69) is 4.98 Å². The van der Waals surface area contributed by atoms with Crippen molar-refractivity contribution in [1.29, 1.82) is 0 Å². The number of aliphatic hydroxyl groups excluding tert-OH is 1. The average molecular weight is 203 g/mol. The monoisotopic (exact) mass is 203 g/mol. The Balaban J connectivity index is 2.04. The number of fused-ring (bicyclic) bond motifs is 1. The van der Waals surface area contributed by atoms with Gasteiger partial charge in [0.05, 0.1) is 12.0 Å². The average Bonchev–Trinajstić information content (AvgIpc) is 2.82. The lowest BCUT2D eigenvalue weighted by Crippen LogP contribution is -2.10. The Kier molecular flexibility index (Phi) is 1.99. The molecule has 0 amide bonds. The lowest BCUT2D eigenvalue weighted by Gasteiger charge is -2.08. The number of aliphatic hydroxyl groups is 1. The summed E-state index contributed by atoms with van der Waals surface area (Å²) in [5.74, 6) is 0.790. The van der Waals surface area contributed by atoms with Gasteiger partial charge in [0.2, 0.25) is 5.89 Å². The molecule has 2 unspecified atom stereocenters. The van der Waals surface area contributed by atoms with E-state index in [1.54, 1.807) is 0 Å². The van der Waals surface area contributed by atoms with Gasteiger partial charge in [-0.05, 0) is 31.4 Å². The molecule has 0 spiro atoms. The Morgan fingerprint density at radius 3 is 2.87 bits per heavy atom. The fourth-order valence-electron chi connectivity index (χ4n) is 2.28. The van der Waals surface area contributed by atoms with E-state index in [1.165, 1.54) is 0 Å². The number of benzene rings is 1. The molecule has 3 nitrogen and oxygen atoms in total. The molecule has 2 aromatic rings. The molecule has 1 aromatic heterocycles. The van der Waals surface area contributed by atoms with Crippen LogP contribution in [0.3, 0.4) is 0 Å².